The first-order chi connectivity index (χ1) is 10.4. The Hall–Kier alpha value is -0.730. The van der Waals surface area contributed by atoms with Gasteiger partial charge in [-0.3, -0.25) is 4.90 Å². The molecule has 1 saturated heterocycles. The Morgan fingerprint density at radius 1 is 1.00 bits per heavy atom. The number of rotatable bonds is 5. The Bertz CT molecular complexity index is 435. The second kappa shape index (κ2) is 8.79. The van der Waals surface area contributed by atoms with Gasteiger partial charge in [0, 0.05) is 31.9 Å². The third-order valence-electron chi connectivity index (χ3n) is 5.27. The van der Waals surface area contributed by atoms with Crippen molar-refractivity contribution in [2.75, 3.05) is 37.6 Å². The number of halogens is 1. The summed E-state index contributed by atoms with van der Waals surface area (Å²) in [6, 6.07) is 9.19. The van der Waals surface area contributed by atoms with Crippen molar-refractivity contribution in [2.24, 2.45) is 0 Å². The second-order valence-corrected chi connectivity index (χ2v) is 6.72. The molecule has 0 aromatic heterocycles. The smallest absolute Gasteiger partial charge is 0.0402 e. The van der Waals surface area contributed by atoms with Crippen molar-refractivity contribution >= 4 is 18.1 Å². The normalized spacial score (nSPS) is 20.1. The lowest BCUT2D eigenvalue weighted by Gasteiger charge is -2.37. The van der Waals surface area contributed by atoms with Gasteiger partial charge in [0.2, 0.25) is 0 Å². The highest BCUT2D eigenvalue weighted by Crippen LogP contribution is 2.39. The van der Waals surface area contributed by atoms with E-state index in [2.05, 4.69) is 41.0 Å². The summed E-state index contributed by atoms with van der Waals surface area (Å²) >= 11 is 0. The van der Waals surface area contributed by atoms with E-state index in [0.29, 0.717) is 0 Å². The van der Waals surface area contributed by atoms with Gasteiger partial charge in [0.25, 0.3) is 0 Å². The van der Waals surface area contributed by atoms with E-state index in [1.165, 1.54) is 76.9 Å². The number of unbranched alkanes of at least 4 members (excludes halogenated alkanes) is 1. The summed E-state index contributed by atoms with van der Waals surface area (Å²) in [4.78, 5) is 5.27. The van der Waals surface area contributed by atoms with Gasteiger partial charge in [0.05, 0.1) is 0 Å². The lowest BCUT2D eigenvalue weighted by atomic mass is 9.95. The lowest BCUT2D eigenvalue weighted by molar-refractivity contribution is 0.254. The Labute approximate surface area is 142 Å². The maximum absolute atomic E-state index is 2.64. The minimum absolute atomic E-state index is 0. The number of anilines is 1. The van der Waals surface area contributed by atoms with Gasteiger partial charge < -0.3 is 4.90 Å². The molecule has 0 unspecified atom stereocenters. The molecule has 3 heteroatoms. The van der Waals surface area contributed by atoms with Crippen molar-refractivity contribution in [1.82, 2.24) is 4.90 Å². The van der Waals surface area contributed by atoms with Gasteiger partial charge in [-0.1, -0.05) is 44.4 Å². The molecule has 0 amide bonds. The molecule has 1 saturated carbocycles. The van der Waals surface area contributed by atoms with Crippen LogP contribution in [0.5, 0.6) is 0 Å². The summed E-state index contributed by atoms with van der Waals surface area (Å²) in [5.74, 6) is 0.819. The van der Waals surface area contributed by atoms with Crippen LogP contribution in [0.15, 0.2) is 24.3 Å². The van der Waals surface area contributed by atoms with E-state index < -0.39 is 0 Å². The van der Waals surface area contributed by atoms with Crippen LogP contribution in [0.3, 0.4) is 0 Å². The van der Waals surface area contributed by atoms with Crippen LogP contribution in [-0.4, -0.2) is 37.6 Å². The van der Waals surface area contributed by atoms with Crippen molar-refractivity contribution < 1.29 is 0 Å². The van der Waals surface area contributed by atoms with Crippen molar-refractivity contribution in [3.8, 4) is 0 Å². The predicted octanol–water partition coefficient (Wildman–Crippen LogP) is 4.69. The maximum Gasteiger partial charge on any atom is 0.0402 e. The first-order valence-corrected chi connectivity index (χ1v) is 8.94. The quantitative estimate of drug-likeness (QED) is 0.776. The molecule has 0 atom stereocenters. The van der Waals surface area contributed by atoms with Crippen LogP contribution in [0, 0.1) is 0 Å². The molecule has 2 fully saturated rings. The number of para-hydroxylation sites is 1. The first kappa shape index (κ1) is 17.6. The Morgan fingerprint density at radius 2 is 1.68 bits per heavy atom. The van der Waals surface area contributed by atoms with Crippen molar-refractivity contribution in [1.29, 1.82) is 0 Å². The highest BCUT2D eigenvalue weighted by atomic mass is 35.5. The van der Waals surface area contributed by atoms with Gasteiger partial charge >= 0.3 is 0 Å². The zero-order chi connectivity index (χ0) is 14.5. The molecule has 2 nitrogen and oxygen atoms in total. The molecule has 3 rings (SSSR count). The molecule has 1 aromatic rings. The molecular formula is C19H31ClN2. The van der Waals surface area contributed by atoms with Crippen LogP contribution in [0.25, 0.3) is 0 Å². The monoisotopic (exact) mass is 322 g/mol. The number of hydrogen-bond acceptors (Lipinski definition) is 2. The van der Waals surface area contributed by atoms with Crippen LogP contribution in [-0.2, 0) is 0 Å². The first-order valence-electron chi connectivity index (χ1n) is 8.94. The summed E-state index contributed by atoms with van der Waals surface area (Å²) in [6.45, 7) is 8.45. The number of piperazine rings is 1. The molecule has 0 spiro atoms. The molecule has 22 heavy (non-hydrogen) atoms. The van der Waals surface area contributed by atoms with Crippen molar-refractivity contribution in [3.05, 3.63) is 29.8 Å². The minimum Gasteiger partial charge on any atom is -0.369 e. The summed E-state index contributed by atoms with van der Waals surface area (Å²) in [5, 5.41) is 0. The average molecular weight is 323 g/mol. The van der Waals surface area contributed by atoms with Gasteiger partial charge in [0.15, 0.2) is 0 Å². The summed E-state index contributed by atoms with van der Waals surface area (Å²) < 4.78 is 0. The summed E-state index contributed by atoms with van der Waals surface area (Å²) in [5.41, 5.74) is 3.15. The van der Waals surface area contributed by atoms with Crippen molar-refractivity contribution in [2.45, 2.75) is 51.4 Å². The molecule has 1 aliphatic carbocycles. The highest BCUT2D eigenvalue weighted by molar-refractivity contribution is 5.85. The van der Waals surface area contributed by atoms with E-state index in [1.807, 2.05) is 0 Å². The van der Waals surface area contributed by atoms with Gasteiger partial charge in [-0.05, 0) is 43.4 Å². The maximum atomic E-state index is 2.64. The Balaban J connectivity index is 0.00000176. The Kier molecular flexibility index (Phi) is 7.04. The van der Waals surface area contributed by atoms with E-state index in [9.17, 15) is 0 Å². The highest BCUT2D eigenvalue weighted by Gasteiger charge is 2.23. The molecular weight excluding hydrogens is 292 g/mol. The van der Waals surface area contributed by atoms with Crippen molar-refractivity contribution in [3.63, 3.8) is 0 Å². The third-order valence-corrected chi connectivity index (χ3v) is 5.27. The topological polar surface area (TPSA) is 6.48 Å². The molecule has 1 heterocycles. The average Bonchev–Trinajstić information content (AvgIpc) is 3.08. The largest absolute Gasteiger partial charge is 0.369 e. The second-order valence-electron chi connectivity index (χ2n) is 6.72. The molecule has 0 N–H and O–H groups in total. The summed E-state index contributed by atoms with van der Waals surface area (Å²) in [7, 11) is 0. The van der Waals surface area contributed by atoms with E-state index in [0.717, 1.165) is 5.92 Å². The molecule has 0 bridgehead atoms. The van der Waals surface area contributed by atoms with Gasteiger partial charge in [-0.2, -0.15) is 0 Å². The zero-order valence-electron chi connectivity index (χ0n) is 14.0. The standard InChI is InChI=1S/C19H30N2.ClH/c1-2-3-12-20-13-15-21(16-14-20)19-11-7-6-10-18(19)17-8-4-5-9-17;/h6-7,10-11,17H,2-5,8-9,12-16H2,1H3;1H. The van der Waals surface area contributed by atoms with Crippen LogP contribution < -0.4 is 4.90 Å². The number of benzene rings is 1. The van der Waals surface area contributed by atoms with E-state index in [1.54, 1.807) is 5.56 Å². The predicted molar refractivity (Wildman–Crippen MR) is 98.5 cm³/mol. The molecule has 0 radical (unpaired) electrons. The zero-order valence-corrected chi connectivity index (χ0v) is 14.8. The van der Waals surface area contributed by atoms with Gasteiger partial charge in [0.1, 0.15) is 0 Å². The molecule has 1 aliphatic heterocycles. The molecule has 1 aromatic carbocycles. The summed E-state index contributed by atoms with van der Waals surface area (Å²) in [6.07, 6.45) is 8.29. The van der Waals surface area contributed by atoms with E-state index >= 15 is 0 Å². The van der Waals surface area contributed by atoms with Crippen LogP contribution in [0.2, 0.25) is 0 Å². The van der Waals surface area contributed by atoms with E-state index in [-0.39, 0.29) is 12.4 Å². The number of hydrogen-bond donors (Lipinski definition) is 0. The fourth-order valence-electron chi connectivity index (χ4n) is 3.95. The van der Waals surface area contributed by atoms with Gasteiger partial charge in [-0.15, -0.1) is 12.4 Å². The number of nitrogens with zero attached hydrogens (tertiary/aromatic N) is 2. The van der Waals surface area contributed by atoms with Crippen LogP contribution in [0.1, 0.15) is 56.9 Å². The molecule has 2 aliphatic rings. The SMILES string of the molecule is CCCCN1CCN(c2ccccc2C2CCCC2)CC1.Cl. The Morgan fingerprint density at radius 3 is 2.36 bits per heavy atom. The van der Waals surface area contributed by atoms with Crippen LogP contribution >= 0.6 is 12.4 Å². The van der Waals surface area contributed by atoms with Gasteiger partial charge in [-0.25, -0.2) is 0 Å². The minimum atomic E-state index is 0. The van der Waals surface area contributed by atoms with Crippen LogP contribution in [0.4, 0.5) is 5.69 Å². The fourth-order valence-corrected chi connectivity index (χ4v) is 3.95. The molecule has 124 valence electrons. The van der Waals surface area contributed by atoms with E-state index in [4.69, 9.17) is 0 Å². The third kappa shape index (κ3) is 4.17. The fraction of sp³-hybridized carbons (Fsp3) is 0.684. The lowest BCUT2D eigenvalue weighted by Crippen LogP contribution is -2.46.